The van der Waals surface area contributed by atoms with Gasteiger partial charge in [0.25, 0.3) is 0 Å². The number of hydrogen-bond donors (Lipinski definition) is 1. The van der Waals surface area contributed by atoms with E-state index < -0.39 is 5.82 Å². The van der Waals surface area contributed by atoms with Crippen LogP contribution in [0.5, 0.6) is 0 Å². The summed E-state index contributed by atoms with van der Waals surface area (Å²) in [5.41, 5.74) is 2.08. The van der Waals surface area contributed by atoms with E-state index in [4.69, 9.17) is 23.2 Å². The third-order valence-electron chi connectivity index (χ3n) is 1.43. The SMILES string of the molecule is Fc1cc(NC/C=C/Cl)ccc1Cl. The van der Waals surface area contributed by atoms with E-state index in [-0.39, 0.29) is 5.02 Å². The van der Waals surface area contributed by atoms with Crippen LogP contribution in [0.25, 0.3) is 0 Å². The van der Waals surface area contributed by atoms with E-state index in [1.165, 1.54) is 17.7 Å². The molecule has 0 atom stereocenters. The first-order chi connectivity index (χ1) is 6.24. The summed E-state index contributed by atoms with van der Waals surface area (Å²) >= 11 is 10.8. The second-order valence-corrected chi connectivity index (χ2v) is 3.03. The van der Waals surface area contributed by atoms with Crippen molar-refractivity contribution in [3.8, 4) is 0 Å². The van der Waals surface area contributed by atoms with Crippen LogP contribution in [0, 0.1) is 5.82 Å². The molecular weight excluding hydrogens is 212 g/mol. The molecule has 1 aromatic rings. The number of anilines is 1. The molecular formula is C9H8Cl2FN. The van der Waals surface area contributed by atoms with Crippen LogP contribution >= 0.6 is 23.2 Å². The Morgan fingerprint density at radius 3 is 2.85 bits per heavy atom. The van der Waals surface area contributed by atoms with Gasteiger partial charge >= 0.3 is 0 Å². The van der Waals surface area contributed by atoms with Crippen LogP contribution in [0.15, 0.2) is 29.8 Å². The van der Waals surface area contributed by atoms with E-state index in [1.807, 2.05) is 0 Å². The highest BCUT2D eigenvalue weighted by Gasteiger charge is 1.98. The molecule has 0 saturated carbocycles. The molecule has 0 amide bonds. The number of halogens is 3. The molecule has 0 aliphatic heterocycles. The summed E-state index contributed by atoms with van der Waals surface area (Å²) in [6.45, 7) is 0.560. The molecule has 1 nitrogen and oxygen atoms in total. The minimum atomic E-state index is -0.429. The van der Waals surface area contributed by atoms with Gasteiger partial charge in [-0.25, -0.2) is 4.39 Å². The van der Waals surface area contributed by atoms with Crippen LogP contribution in [0.2, 0.25) is 5.02 Å². The van der Waals surface area contributed by atoms with Gasteiger partial charge in [0.1, 0.15) is 5.82 Å². The Balaban J connectivity index is 2.63. The lowest BCUT2D eigenvalue weighted by molar-refractivity contribution is 0.629. The summed E-state index contributed by atoms with van der Waals surface area (Å²) < 4.78 is 12.9. The summed E-state index contributed by atoms with van der Waals surface area (Å²) in [5.74, 6) is -0.429. The molecule has 70 valence electrons. The largest absolute Gasteiger partial charge is 0.381 e. The normalized spacial score (nSPS) is 10.7. The van der Waals surface area contributed by atoms with Crippen molar-refractivity contribution in [1.29, 1.82) is 0 Å². The van der Waals surface area contributed by atoms with Crippen molar-refractivity contribution in [3.63, 3.8) is 0 Å². The topological polar surface area (TPSA) is 12.0 Å². The highest BCUT2D eigenvalue weighted by molar-refractivity contribution is 6.30. The molecule has 0 saturated heterocycles. The van der Waals surface area contributed by atoms with Gasteiger partial charge < -0.3 is 5.32 Å². The summed E-state index contributed by atoms with van der Waals surface area (Å²) in [5, 5.41) is 3.07. The van der Waals surface area contributed by atoms with Crippen LogP contribution in [0.4, 0.5) is 10.1 Å². The Morgan fingerprint density at radius 2 is 2.23 bits per heavy atom. The molecule has 1 rings (SSSR count). The average molecular weight is 220 g/mol. The maximum atomic E-state index is 12.9. The lowest BCUT2D eigenvalue weighted by atomic mass is 10.3. The molecule has 1 aromatic carbocycles. The molecule has 0 spiro atoms. The lowest BCUT2D eigenvalue weighted by Crippen LogP contribution is -1.97. The predicted molar refractivity (Wildman–Crippen MR) is 54.9 cm³/mol. The van der Waals surface area contributed by atoms with Crippen molar-refractivity contribution in [2.24, 2.45) is 0 Å². The smallest absolute Gasteiger partial charge is 0.143 e. The number of benzene rings is 1. The van der Waals surface area contributed by atoms with Crippen molar-refractivity contribution in [2.45, 2.75) is 0 Å². The van der Waals surface area contributed by atoms with Gasteiger partial charge in [0.2, 0.25) is 0 Å². The lowest BCUT2D eigenvalue weighted by Gasteiger charge is -2.03. The van der Waals surface area contributed by atoms with E-state index in [0.717, 1.165) is 0 Å². The minimum Gasteiger partial charge on any atom is -0.381 e. The van der Waals surface area contributed by atoms with E-state index in [9.17, 15) is 4.39 Å². The maximum Gasteiger partial charge on any atom is 0.143 e. The van der Waals surface area contributed by atoms with Crippen molar-refractivity contribution in [3.05, 3.63) is 40.7 Å². The van der Waals surface area contributed by atoms with Gasteiger partial charge in [-0.05, 0) is 18.2 Å². The first-order valence-electron chi connectivity index (χ1n) is 3.68. The van der Waals surface area contributed by atoms with Crippen molar-refractivity contribution < 1.29 is 4.39 Å². The summed E-state index contributed by atoms with van der Waals surface area (Å²) in [6.07, 6.45) is 1.72. The molecule has 0 heterocycles. The quantitative estimate of drug-likeness (QED) is 0.819. The van der Waals surface area contributed by atoms with Gasteiger partial charge in [-0.3, -0.25) is 0 Å². The Morgan fingerprint density at radius 1 is 1.46 bits per heavy atom. The fourth-order valence-corrected chi connectivity index (χ4v) is 1.03. The molecule has 0 aliphatic rings. The van der Waals surface area contributed by atoms with E-state index in [2.05, 4.69) is 5.32 Å². The monoisotopic (exact) mass is 219 g/mol. The Labute approximate surface area is 86.2 Å². The van der Waals surface area contributed by atoms with Gasteiger partial charge in [0.15, 0.2) is 0 Å². The van der Waals surface area contributed by atoms with Crippen LogP contribution < -0.4 is 5.32 Å². The zero-order valence-electron chi connectivity index (χ0n) is 6.73. The molecule has 0 radical (unpaired) electrons. The summed E-state index contributed by atoms with van der Waals surface area (Å²) in [7, 11) is 0. The highest BCUT2D eigenvalue weighted by Crippen LogP contribution is 2.18. The maximum absolute atomic E-state index is 12.9. The molecule has 0 bridgehead atoms. The van der Waals surface area contributed by atoms with Crippen LogP contribution in [-0.2, 0) is 0 Å². The van der Waals surface area contributed by atoms with Gasteiger partial charge in [-0.1, -0.05) is 29.3 Å². The molecule has 0 aromatic heterocycles. The summed E-state index contributed by atoms with van der Waals surface area (Å²) in [4.78, 5) is 0. The van der Waals surface area contributed by atoms with E-state index in [1.54, 1.807) is 12.1 Å². The van der Waals surface area contributed by atoms with E-state index in [0.29, 0.717) is 12.2 Å². The van der Waals surface area contributed by atoms with Crippen molar-refractivity contribution >= 4 is 28.9 Å². The molecule has 0 aliphatic carbocycles. The van der Waals surface area contributed by atoms with Crippen molar-refractivity contribution in [1.82, 2.24) is 0 Å². The minimum absolute atomic E-state index is 0.124. The third kappa shape index (κ3) is 3.25. The summed E-state index contributed by atoms with van der Waals surface area (Å²) in [6, 6.07) is 4.54. The van der Waals surface area contributed by atoms with Crippen LogP contribution in [0.3, 0.4) is 0 Å². The van der Waals surface area contributed by atoms with Crippen LogP contribution in [-0.4, -0.2) is 6.54 Å². The zero-order chi connectivity index (χ0) is 9.68. The second kappa shape index (κ2) is 5.10. The van der Waals surface area contributed by atoms with Gasteiger partial charge in [0.05, 0.1) is 5.02 Å². The molecule has 0 fully saturated rings. The molecule has 13 heavy (non-hydrogen) atoms. The van der Waals surface area contributed by atoms with Gasteiger partial charge in [0, 0.05) is 17.8 Å². The number of rotatable bonds is 3. The van der Waals surface area contributed by atoms with Crippen LogP contribution in [0.1, 0.15) is 0 Å². The van der Waals surface area contributed by atoms with Gasteiger partial charge in [-0.2, -0.15) is 0 Å². The number of hydrogen-bond acceptors (Lipinski definition) is 1. The fraction of sp³-hybridized carbons (Fsp3) is 0.111. The first kappa shape index (κ1) is 10.4. The predicted octanol–water partition coefficient (Wildman–Crippen LogP) is 3.64. The standard InChI is InChI=1S/C9H8Cl2FN/c10-4-1-5-13-7-2-3-8(11)9(12)6-7/h1-4,6,13H,5H2/b4-1+. The van der Waals surface area contributed by atoms with E-state index >= 15 is 0 Å². The zero-order valence-corrected chi connectivity index (χ0v) is 8.24. The number of nitrogens with one attached hydrogen (secondary N) is 1. The van der Waals surface area contributed by atoms with Crippen molar-refractivity contribution in [2.75, 3.05) is 11.9 Å². The second-order valence-electron chi connectivity index (χ2n) is 2.37. The molecule has 4 heteroatoms. The Hall–Kier alpha value is -0.730. The first-order valence-corrected chi connectivity index (χ1v) is 4.49. The fourth-order valence-electron chi connectivity index (χ4n) is 0.827. The molecule has 0 unspecified atom stereocenters. The Bertz CT molecular complexity index is 312. The van der Waals surface area contributed by atoms with Gasteiger partial charge in [-0.15, -0.1) is 0 Å². The highest BCUT2D eigenvalue weighted by atomic mass is 35.5. The molecule has 1 N–H and O–H groups in total. The third-order valence-corrected chi connectivity index (χ3v) is 1.92. The Kier molecular flexibility index (Phi) is 4.06. The average Bonchev–Trinajstić information content (AvgIpc) is 2.12.